The molecule has 7 nitrogen and oxygen atoms in total. The Balaban J connectivity index is 1.93. The van der Waals surface area contributed by atoms with Crippen LogP contribution in [0.5, 0.6) is 0 Å². The Morgan fingerprint density at radius 1 is 1.42 bits per heavy atom. The molecular weight excluding hydrogens is 244 g/mol. The fourth-order valence-corrected chi connectivity index (χ4v) is 2.71. The number of imidazole rings is 1. The Hall–Kier alpha value is -1.60. The van der Waals surface area contributed by atoms with Crippen molar-refractivity contribution in [1.82, 2.24) is 24.2 Å². The van der Waals surface area contributed by atoms with Crippen molar-refractivity contribution in [3.05, 3.63) is 5.69 Å². The van der Waals surface area contributed by atoms with Crippen LogP contribution in [-0.2, 0) is 18.3 Å². The monoisotopic (exact) mass is 264 g/mol. The van der Waals surface area contributed by atoms with E-state index in [4.69, 9.17) is 10.5 Å². The minimum atomic E-state index is 0.147. The van der Waals surface area contributed by atoms with Gasteiger partial charge in [-0.25, -0.2) is 4.98 Å². The summed E-state index contributed by atoms with van der Waals surface area (Å²) in [5.41, 5.74) is 8.78. The van der Waals surface area contributed by atoms with Crippen LogP contribution in [0.15, 0.2) is 0 Å². The van der Waals surface area contributed by atoms with Gasteiger partial charge in [0.2, 0.25) is 5.95 Å². The summed E-state index contributed by atoms with van der Waals surface area (Å²) in [7, 11) is 4.03. The number of aryl methyl sites for hydroxylation is 2. The highest BCUT2D eigenvalue weighted by Gasteiger charge is 2.22. The molecule has 0 saturated carbocycles. The molecule has 0 radical (unpaired) electrons. The summed E-state index contributed by atoms with van der Waals surface area (Å²) in [6, 6.07) is 0. The molecule has 1 aliphatic heterocycles. The second-order valence-electron chi connectivity index (χ2n) is 5.22. The number of likely N-dealkylation sites (N-methyl/N-ethyl adjacent to an activating group) is 1. The Labute approximate surface area is 111 Å². The third-order valence-corrected chi connectivity index (χ3v) is 3.65. The highest BCUT2D eigenvalue weighted by atomic mass is 16.5. The molecular formula is C12H20N6O. The van der Waals surface area contributed by atoms with Crippen molar-refractivity contribution in [2.75, 3.05) is 32.5 Å². The van der Waals surface area contributed by atoms with E-state index in [1.54, 1.807) is 0 Å². The Bertz CT molecular complexity index is 601. The van der Waals surface area contributed by atoms with Gasteiger partial charge in [0, 0.05) is 20.1 Å². The lowest BCUT2D eigenvalue weighted by Gasteiger charge is -2.30. The maximum absolute atomic E-state index is 6.03. The number of fused-ring (bicyclic) bond motifs is 1. The average molecular weight is 264 g/mol. The molecule has 1 atom stereocenters. The number of rotatable bonds is 2. The number of aromatic nitrogens is 4. The lowest BCUT2D eigenvalue weighted by molar-refractivity contribution is -0.0268. The first-order chi connectivity index (χ1) is 9.06. The lowest BCUT2D eigenvalue weighted by Crippen LogP contribution is -2.42. The van der Waals surface area contributed by atoms with Gasteiger partial charge in [-0.05, 0) is 14.0 Å². The number of hydrogen-bond donors (Lipinski definition) is 1. The van der Waals surface area contributed by atoms with Gasteiger partial charge in [0.05, 0.1) is 24.9 Å². The number of morpholine rings is 1. The van der Waals surface area contributed by atoms with Crippen molar-refractivity contribution in [3.8, 4) is 0 Å². The summed E-state index contributed by atoms with van der Waals surface area (Å²) in [4.78, 5) is 6.68. The maximum Gasteiger partial charge on any atom is 0.202 e. The first kappa shape index (κ1) is 12.4. The van der Waals surface area contributed by atoms with E-state index in [0.29, 0.717) is 12.5 Å². The zero-order chi connectivity index (χ0) is 13.6. The van der Waals surface area contributed by atoms with E-state index in [2.05, 4.69) is 22.0 Å². The van der Waals surface area contributed by atoms with Gasteiger partial charge in [-0.1, -0.05) is 0 Å². The molecule has 1 fully saturated rings. The number of nitrogen functional groups attached to an aromatic ring is 1. The van der Waals surface area contributed by atoms with Gasteiger partial charge in [-0.3, -0.25) is 9.25 Å². The summed E-state index contributed by atoms with van der Waals surface area (Å²) in [6.45, 7) is 5.32. The lowest BCUT2D eigenvalue weighted by atomic mass is 10.3. The number of nitrogens with two attached hydrogens (primary N) is 1. The molecule has 104 valence electrons. The minimum Gasteiger partial charge on any atom is -0.374 e. The molecule has 2 aromatic heterocycles. The van der Waals surface area contributed by atoms with E-state index < -0.39 is 0 Å². The molecule has 2 aromatic rings. The number of ether oxygens (including phenoxy) is 1. The standard InChI is InChI=1S/C12H20N6O/c1-8-10-11(17(3)15-8)18(12(13)14-10)7-9-6-16(2)4-5-19-9/h9H,4-7H2,1-3H3,(H2,13,14). The molecule has 3 heterocycles. The fourth-order valence-electron chi connectivity index (χ4n) is 2.71. The molecule has 0 bridgehead atoms. The van der Waals surface area contributed by atoms with Crippen molar-refractivity contribution in [1.29, 1.82) is 0 Å². The average Bonchev–Trinajstić information content (AvgIpc) is 2.80. The van der Waals surface area contributed by atoms with Gasteiger partial charge in [-0.15, -0.1) is 0 Å². The van der Waals surface area contributed by atoms with Gasteiger partial charge in [-0.2, -0.15) is 5.10 Å². The number of anilines is 1. The smallest absolute Gasteiger partial charge is 0.202 e. The molecule has 19 heavy (non-hydrogen) atoms. The third-order valence-electron chi connectivity index (χ3n) is 3.65. The predicted octanol–water partition coefficient (Wildman–Crippen LogP) is -0.00898. The minimum absolute atomic E-state index is 0.147. The van der Waals surface area contributed by atoms with E-state index in [-0.39, 0.29) is 6.10 Å². The second-order valence-corrected chi connectivity index (χ2v) is 5.22. The van der Waals surface area contributed by atoms with Crippen LogP contribution in [0, 0.1) is 6.92 Å². The normalized spacial score (nSPS) is 21.3. The summed E-state index contributed by atoms with van der Waals surface area (Å²) in [5.74, 6) is 0.530. The first-order valence-electron chi connectivity index (χ1n) is 6.51. The number of hydrogen-bond acceptors (Lipinski definition) is 5. The third kappa shape index (κ3) is 2.08. The van der Waals surface area contributed by atoms with Crippen molar-refractivity contribution >= 4 is 17.1 Å². The van der Waals surface area contributed by atoms with Gasteiger partial charge >= 0.3 is 0 Å². The highest BCUT2D eigenvalue weighted by Crippen LogP contribution is 2.21. The van der Waals surface area contributed by atoms with Crippen molar-refractivity contribution in [2.45, 2.75) is 19.6 Å². The van der Waals surface area contributed by atoms with Crippen LogP contribution >= 0.6 is 0 Å². The summed E-state index contributed by atoms with van der Waals surface area (Å²) >= 11 is 0. The Kier molecular flexibility index (Phi) is 2.94. The van der Waals surface area contributed by atoms with Crippen LogP contribution in [0.2, 0.25) is 0 Å². The zero-order valence-electron chi connectivity index (χ0n) is 11.6. The molecule has 1 aliphatic rings. The summed E-state index contributed by atoms with van der Waals surface area (Å²) < 4.78 is 9.63. The second kappa shape index (κ2) is 4.50. The Morgan fingerprint density at radius 3 is 2.95 bits per heavy atom. The molecule has 0 amide bonds. The SMILES string of the molecule is Cc1nn(C)c2c1nc(N)n2CC1CN(C)CCO1. The van der Waals surface area contributed by atoms with Crippen LogP contribution in [0.25, 0.3) is 11.2 Å². The van der Waals surface area contributed by atoms with E-state index in [1.807, 2.05) is 23.2 Å². The predicted molar refractivity (Wildman–Crippen MR) is 72.9 cm³/mol. The van der Waals surface area contributed by atoms with E-state index >= 15 is 0 Å². The van der Waals surface area contributed by atoms with Crippen molar-refractivity contribution in [3.63, 3.8) is 0 Å². The maximum atomic E-state index is 6.03. The van der Waals surface area contributed by atoms with Gasteiger partial charge in [0.25, 0.3) is 0 Å². The molecule has 1 saturated heterocycles. The van der Waals surface area contributed by atoms with Crippen molar-refractivity contribution < 1.29 is 4.74 Å². The van der Waals surface area contributed by atoms with E-state index in [9.17, 15) is 0 Å². The van der Waals surface area contributed by atoms with Crippen LogP contribution in [0.4, 0.5) is 5.95 Å². The molecule has 0 aromatic carbocycles. The number of nitrogens with zero attached hydrogens (tertiary/aromatic N) is 5. The van der Waals surface area contributed by atoms with Crippen LogP contribution in [0.3, 0.4) is 0 Å². The van der Waals surface area contributed by atoms with Crippen LogP contribution in [-0.4, -0.2) is 57.1 Å². The van der Waals surface area contributed by atoms with Crippen LogP contribution < -0.4 is 5.73 Å². The molecule has 2 N–H and O–H groups in total. The molecule has 1 unspecified atom stereocenters. The summed E-state index contributed by atoms with van der Waals surface area (Å²) in [5, 5.41) is 4.39. The fraction of sp³-hybridized carbons (Fsp3) is 0.667. The van der Waals surface area contributed by atoms with Gasteiger partial charge in [0.1, 0.15) is 5.52 Å². The topological polar surface area (TPSA) is 74.1 Å². The first-order valence-corrected chi connectivity index (χ1v) is 6.51. The molecule has 7 heteroatoms. The molecule has 0 aliphatic carbocycles. The van der Waals surface area contributed by atoms with Crippen molar-refractivity contribution in [2.24, 2.45) is 7.05 Å². The zero-order valence-corrected chi connectivity index (χ0v) is 11.6. The largest absolute Gasteiger partial charge is 0.374 e. The summed E-state index contributed by atoms with van der Waals surface area (Å²) in [6.07, 6.45) is 0.147. The Morgan fingerprint density at radius 2 is 2.21 bits per heavy atom. The van der Waals surface area contributed by atoms with Crippen LogP contribution in [0.1, 0.15) is 5.69 Å². The molecule has 3 rings (SSSR count). The van der Waals surface area contributed by atoms with Gasteiger partial charge < -0.3 is 15.4 Å². The van der Waals surface area contributed by atoms with Gasteiger partial charge in [0.15, 0.2) is 5.65 Å². The quantitative estimate of drug-likeness (QED) is 0.826. The van der Waals surface area contributed by atoms with E-state index in [0.717, 1.165) is 36.6 Å². The van der Waals surface area contributed by atoms with E-state index in [1.165, 1.54) is 0 Å². The highest BCUT2D eigenvalue weighted by molar-refractivity contribution is 5.77. The molecule has 0 spiro atoms.